The van der Waals surface area contributed by atoms with Crippen LogP contribution >= 0.6 is 0 Å². The Morgan fingerprint density at radius 2 is 2.23 bits per heavy atom. The van der Waals surface area contributed by atoms with E-state index in [9.17, 15) is 14.5 Å². The highest BCUT2D eigenvalue weighted by Gasteiger charge is 2.17. The third-order valence-corrected chi connectivity index (χ3v) is 1.81. The summed E-state index contributed by atoms with van der Waals surface area (Å²) in [4.78, 5) is 9.79. The lowest BCUT2D eigenvalue weighted by Crippen LogP contribution is -2.05. The molecule has 0 aliphatic rings. The van der Waals surface area contributed by atoms with Gasteiger partial charge in [-0.3, -0.25) is 10.1 Å². The van der Waals surface area contributed by atoms with Gasteiger partial charge in [0.05, 0.1) is 10.5 Å². The molecule has 0 amide bonds. The van der Waals surface area contributed by atoms with Crippen LogP contribution < -0.4 is 5.73 Å². The number of nitrogens with two attached hydrogens (primary N) is 1. The average molecular weight is 184 g/mol. The normalized spacial score (nSPS) is 10.1. The molecule has 0 aliphatic heterocycles. The summed E-state index contributed by atoms with van der Waals surface area (Å²) in [5.74, 6) is -0.586. The first-order valence-electron chi connectivity index (χ1n) is 3.70. The van der Waals surface area contributed by atoms with Gasteiger partial charge in [-0.1, -0.05) is 0 Å². The molecule has 1 rings (SSSR count). The highest BCUT2D eigenvalue weighted by atomic mass is 19.1. The number of nitro groups is 1. The van der Waals surface area contributed by atoms with Crippen molar-refractivity contribution in [3.8, 4) is 0 Å². The van der Waals surface area contributed by atoms with Gasteiger partial charge in [-0.15, -0.1) is 0 Å². The van der Waals surface area contributed by atoms with Crippen LogP contribution in [-0.4, -0.2) is 4.92 Å². The second-order valence-corrected chi connectivity index (χ2v) is 2.66. The molecule has 0 aliphatic carbocycles. The molecule has 13 heavy (non-hydrogen) atoms. The molecule has 0 heterocycles. The van der Waals surface area contributed by atoms with Crippen LogP contribution in [0, 0.1) is 22.9 Å². The molecule has 70 valence electrons. The lowest BCUT2D eigenvalue weighted by Gasteiger charge is -2.03. The van der Waals surface area contributed by atoms with Crippen LogP contribution in [-0.2, 0) is 6.54 Å². The van der Waals surface area contributed by atoms with Crippen LogP contribution in [0.25, 0.3) is 0 Å². The van der Waals surface area contributed by atoms with Crippen molar-refractivity contribution >= 4 is 5.69 Å². The molecule has 0 saturated heterocycles. The Hall–Kier alpha value is -1.49. The van der Waals surface area contributed by atoms with Crippen molar-refractivity contribution in [1.29, 1.82) is 0 Å². The van der Waals surface area contributed by atoms with Crippen LogP contribution in [0.1, 0.15) is 11.1 Å². The third-order valence-electron chi connectivity index (χ3n) is 1.81. The Bertz CT molecular complexity index is 352. The molecule has 0 atom stereocenters. The SMILES string of the molecule is Cc1ccc([N+](=O)[O-])c(CN)c1F. The largest absolute Gasteiger partial charge is 0.326 e. The zero-order valence-electron chi connectivity index (χ0n) is 7.08. The lowest BCUT2D eigenvalue weighted by atomic mass is 10.1. The molecule has 0 aromatic heterocycles. The summed E-state index contributed by atoms with van der Waals surface area (Å²) in [6.07, 6.45) is 0. The van der Waals surface area contributed by atoms with Crippen molar-refractivity contribution in [2.75, 3.05) is 0 Å². The Labute approximate surface area is 74.3 Å². The lowest BCUT2D eigenvalue weighted by molar-refractivity contribution is -0.385. The van der Waals surface area contributed by atoms with Gasteiger partial charge in [-0.25, -0.2) is 4.39 Å². The van der Waals surface area contributed by atoms with Gasteiger partial charge in [-0.2, -0.15) is 0 Å². The average Bonchev–Trinajstić information content (AvgIpc) is 2.09. The van der Waals surface area contributed by atoms with Crippen molar-refractivity contribution in [3.63, 3.8) is 0 Å². The summed E-state index contributed by atoms with van der Waals surface area (Å²) in [5, 5.41) is 10.4. The zero-order valence-corrected chi connectivity index (χ0v) is 7.08. The van der Waals surface area contributed by atoms with Crippen LogP contribution in [0.2, 0.25) is 0 Å². The topological polar surface area (TPSA) is 69.2 Å². The quantitative estimate of drug-likeness (QED) is 0.559. The highest BCUT2D eigenvalue weighted by Crippen LogP contribution is 2.23. The molecule has 1 aromatic rings. The van der Waals surface area contributed by atoms with E-state index in [2.05, 4.69) is 0 Å². The van der Waals surface area contributed by atoms with Crippen LogP contribution in [0.4, 0.5) is 10.1 Å². The van der Waals surface area contributed by atoms with Gasteiger partial charge in [0.2, 0.25) is 0 Å². The maximum Gasteiger partial charge on any atom is 0.276 e. The van der Waals surface area contributed by atoms with Crippen LogP contribution in [0.15, 0.2) is 12.1 Å². The minimum Gasteiger partial charge on any atom is -0.326 e. The second-order valence-electron chi connectivity index (χ2n) is 2.66. The minimum atomic E-state index is -0.634. The molecule has 1 aromatic carbocycles. The predicted molar refractivity (Wildman–Crippen MR) is 45.7 cm³/mol. The highest BCUT2D eigenvalue weighted by molar-refractivity contribution is 5.43. The van der Waals surface area contributed by atoms with Gasteiger partial charge in [0.25, 0.3) is 5.69 Å². The molecular formula is C8H9FN2O2. The number of hydrogen-bond acceptors (Lipinski definition) is 3. The van der Waals surface area contributed by atoms with Gasteiger partial charge in [0.15, 0.2) is 0 Å². The van der Waals surface area contributed by atoms with Gasteiger partial charge in [0.1, 0.15) is 5.82 Å². The molecule has 4 nitrogen and oxygen atoms in total. The number of benzene rings is 1. The maximum absolute atomic E-state index is 13.2. The predicted octanol–water partition coefficient (Wildman–Crippen LogP) is 1.50. The molecule has 0 bridgehead atoms. The molecular weight excluding hydrogens is 175 g/mol. The van der Waals surface area contributed by atoms with E-state index in [4.69, 9.17) is 5.73 Å². The van der Waals surface area contributed by atoms with Gasteiger partial charge in [-0.05, 0) is 18.6 Å². The molecule has 0 radical (unpaired) electrons. The molecule has 0 unspecified atom stereocenters. The summed E-state index contributed by atoms with van der Waals surface area (Å²) in [6, 6.07) is 2.63. The zero-order chi connectivity index (χ0) is 10.0. The van der Waals surface area contributed by atoms with E-state index in [1.165, 1.54) is 19.1 Å². The van der Waals surface area contributed by atoms with E-state index in [0.717, 1.165) is 0 Å². The molecule has 0 saturated carbocycles. The van der Waals surface area contributed by atoms with Crippen molar-refractivity contribution in [2.45, 2.75) is 13.5 Å². The number of nitro benzene ring substituents is 1. The number of rotatable bonds is 2. The molecule has 0 fully saturated rings. The van der Waals surface area contributed by atoms with E-state index < -0.39 is 10.7 Å². The minimum absolute atomic E-state index is 0.0370. The maximum atomic E-state index is 13.2. The van der Waals surface area contributed by atoms with Gasteiger partial charge in [0, 0.05) is 12.6 Å². The van der Waals surface area contributed by atoms with Crippen LogP contribution in [0.3, 0.4) is 0 Å². The number of hydrogen-bond donors (Lipinski definition) is 1. The standard InChI is InChI=1S/C8H9FN2O2/c1-5-2-3-7(11(12)13)6(4-10)8(5)9/h2-3H,4,10H2,1H3. The Morgan fingerprint density at radius 3 is 2.69 bits per heavy atom. The van der Waals surface area contributed by atoms with E-state index in [0.29, 0.717) is 5.56 Å². The first-order valence-corrected chi connectivity index (χ1v) is 3.70. The summed E-state index contributed by atoms with van der Waals surface area (Å²) in [7, 11) is 0. The van der Waals surface area contributed by atoms with E-state index in [-0.39, 0.29) is 17.8 Å². The monoisotopic (exact) mass is 184 g/mol. The third kappa shape index (κ3) is 1.65. The number of halogens is 1. The second kappa shape index (κ2) is 3.49. The molecule has 5 heteroatoms. The van der Waals surface area contributed by atoms with E-state index in [1.54, 1.807) is 0 Å². The number of nitrogens with zero attached hydrogens (tertiary/aromatic N) is 1. The summed E-state index contributed by atoms with van der Waals surface area (Å²) < 4.78 is 13.2. The number of aryl methyl sites for hydroxylation is 1. The van der Waals surface area contributed by atoms with Crippen molar-refractivity contribution in [3.05, 3.63) is 39.2 Å². The summed E-state index contributed by atoms with van der Waals surface area (Å²) in [6.45, 7) is 1.38. The van der Waals surface area contributed by atoms with Crippen LogP contribution in [0.5, 0.6) is 0 Å². The molecule has 0 spiro atoms. The fourth-order valence-corrected chi connectivity index (χ4v) is 1.09. The van der Waals surface area contributed by atoms with Crippen molar-refractivity contribution in [2.24, 2.45) is 5.73 Å². The first-order chi connectivity index (χ1) is 6.07. The van der Waals surface area contributed by atoms with Crippen molar-refractivity contribution < 1.29 is 9.31 Å². The fourth-order valence-electron chi connectivity index (χ4n) is 1.09. The fraction of sp³-hybridized carbons (Fsp3) is 0.250. The summed E-state index contributed by atoms with van der Waals surface area (Å²) in [5.41, 5.74) is 5.28. The van der Waals surface area contributed by atoms with E-state index in [1.807, 2.05) is 0 Å². The Morgan fingerprint density at radius 1 is 1.62 bits per heavy atom. The smallest absolute Gasteiger partial charge is 0.276 e. The first kappa shape index (κ1) is 9.60. The van der Waals surface area contributed by atoms with Crippen molar-refractivity contribution in [1.82, 2.24) is 0 Å². The van der Waals surface area contributed by atoms with Gasteiger partial charge >= 0.3 is 0 Å². The van der Waals surface area contributed by atoms with E-state index >= 15 is 0 Å². The van der Waals surface area contributed by atoms with Gasteiger partial charge < -0.3 is 5.73 Å². The Kier molecular flexibility index (Phi) is 2.57. The molecule has 2 N–H and O–H groups in total. The Balaban J connectivity index is 3.38. The summed E-state index contributed by atoms with van der Waals surface area (Å²) >= 11 is 0.